The molecule has 1 amide bonds. The summed E-state index contributed by atoms with van der Waals surface area (Å²) < 4.78 is 6.01. The van der Waals surface area contributed by atoms with Crippen molar-refractivity contribution in [2.45, 2.75) is 13.0 Å². The maximum Gasteiger partial charge on any atom is 0.242 e. The smallest absolute Gasteiger partial charge is 0.242 e. The fraction of sp³-hybridized carbons (Fsp3) is 0.417. The van der Waals surface area contributed by atoms with Crippen molar-refractivity contribution in [1.29, 1.82) is 0 Å². The quantitative estimate of drug-likeness (QED) is 0.610. The third-order valence-electron chi connectivity index (χ3n) is 2.21. The van der Waals surface area contributed by atoms with E-state index in [-0.39, 0.29) is 11.9 Å². The summed E-state index contributed by atoms with van der Waals surface area (Å²) >= 11 is 2.24. The molecule has 0 aliphatic heterocycles. The third-order valence-corrected chi connectivity index (χ3v) is 2.88. The van der Waals surface area contributed by atoms with Gasteiger partial charge in [0.1, 0.15) is 6.04 Å². The second-order valence-corrected chi connectivity index (χ2v) is 4.91. The summed E-state index contributed by atoms with van der Waals surface area (Å²) in [5.41, 5.74) is 0.950. The van der Waals surface area contributed by atoms with Crippen LogP contribution in [0.15, 0.2) is 24.3 Å². The summed E-state index contributed by atoms with van der Waals surface area (Å²) in [5.74, 6) is -0.0269. The van der Waals surface area contributed by atoms with Gasteiger partial charge < -0.3 is 15.4 Å². The second-order valence-electron chi connectivity index (χ2n) is 3.66. The minimum Gasteiger partial charge on any atom is -0.383 e. The van der Waals surface area contributed by atoms with Gasteiger partial charge in [0, 0.05) is 22.9 Å². The second kappa shape index (κ2) is 7.50. The van der Waals surface area contributed by atoms with E-state index in [0.717, 1.165) is 9.26 Å². The Morgan fingerprint density at radius 3 is 2.94 bits per heavy atom. The SMILES string of the molecule is COCCNC(=O)C(C)Nc1cccc(I)c1. The highest BCUT2D eigenvalue weighted by Crippen LogP contribution is 2.13. The molecule has 94 valence electrons. The van der Waals surface area contributed by atoms with Gasteiger partial charge in [-0.25, -0.2) is 0 Å². The van der Waals surface area contributed by atoms with Crippen LogP contribution in [-0.4, -0.2) is 32.2 Å². The highest BCUT2D eigenvalue weighted by atomic mass is 127. The highest BCUT2D eigenvalue weighted by Gasteiger charge is 2.11. The summed E-state index contributed by atoms with van der Waals surface area (Å²) in [6.45, 7) is 2.90. The molecule has 0 fully saturated rings. The Kier molecular flexibility index (Phi) is 6.28. The van der Waals surface area contributed by atoms with E-state index >= 15 is 0 Å². The van der Waals surface area contributed by atoms with E-state index in [1.807, 2.05) is 31.2 Å². The Bertz CT molecular complexity index is 371. The van der Waals surface area contributed by atoms with Gasteiger partial charge in [-0.05, 0) is 47.7 Å². The van der Waals surface area contributed by atoms with Crippen LogP contribution >= 0.6 is 22.6 Å². The molecular weight excluding hydrogens is 331 g/mol. The predicted octanol–water partition coefficient (Wildman–Crippen LogP) is 1.85. The average molecular weight is 348 g/mol. The maximum atomic E-state index is 11.7. The predicted molar refractivity (Wildman–Crippen MR) is 77.1 cm³/mol. The Hall–Kier alpha value is -0.820. The summed E-state index contributed by atoms with van der Waals surface area (Å²) in [7, 11) is 1.61. The largest absolute Gasteiger partial charge is 0.383 e. The van der Waals surface area contributed by atoms with Gasteiger partial charge in [0.05, 0.1) is 6.61 Å². The number of carbonyl (C=O) groups is 1. The van der Waals surface area contributed by atoms with Crippen molar-refractivity contribution in [3.63, 3.8) is 0 Å². The topological polar surface area (TPSA) is 50.4 Å². The van der Waals surface area contributed by atoms with E-state index in [2.05, 4.69) is 33.2 Å². The molecule has 0 spiro atoms. The van der Waals surface area contributed by atoms with Crippen molar-refractivity contribution in [2.75, 3.05) is 25.6 Å². The Balaban J connectivity index is 2.43. The molecule has 0 saturated carbocycles. The van der Waals surface area contributed by atoms with E-state index in [1.54, 1.807) is 7.11 Å². The number of carbonyl (C=O) groups excluding carboxylic acids is 1. The zero-order valence-electron chi connectivity index (χ0n) is 10.00. The zero-order chi connectivity index (χ0) is 12.7. The number of halogens is 1. The molecule has 0 aromatic heterocycles. The van der Waals surface area contributed by atoms with Crippen LogP contribution in [0.3, 0.4) is 0 Å². The van der Waals surface area contributed by atoms with Crippen molar-refractivity contribution in [3.8, 4) is 0 Å². The lowest BCUT2D eigenvalue weighted by Crippen LogP contribution is -2.39. The Morgan fingerprint density at radius 1 is 1.53 bits per heavy atom. The average Bonchev–Trinajstić information content (AvgIpc) is 2.29. The lowest BCUT2D eigenvalue weighted by atomic mass is 10.2. The van der Waals surface area contributed by atoms with Crippen LogP contribution in [-0.2, 0) is 9.53 Å². The van der Waals surface area contributed by atoms with Gasteiger partial charge in [-0.3, -0.25) is 4.79 Å². The summed E-state index contributed by atoms with van der Waals surface area (Å²) in [4.78, 5) is 11.7. The van der Waals surface area contributed by atoms with Gasteiger partial charge >= 0.3 is 0 Å². The third kappa shape index (κ3) is 5.36. The van der Waals surface area contributed by atoms with Gasteiger partial charge in [0.2, 0.25) is 5.91 Å². The van der Waals surface area contributed by atoms with Crippen molar-refractivity contribution in [1.82, 2.24) is 5.32 Å². The number of rotatable bonds is 6. The van der Waals surface area contributed by atoms with Crippen molar-refractivity contribution in [2.24, 2.45) is 0 Å². The summed E-state index contributed by atoms with van der Waals surface area (Å²) in [6, 6.07) is 7.65. The van der Waals surface area contributed by atoms with E-state index < -0.39 is 0 Å². The Labute approximate surface area is 115 Å². The van der Waals surface area contributed by atoms with Gasteiger partial charge in [-0.2, -0.15) is 0 Å². The first-order valence-corrected chi connectivity index (χ1v) is 6.50. The standard InChI is InChI=1S/C12H17IN2O2/c1-9(12(16)14-6-7-17-2)15-11-5-3-4-10(13)8-11/h3-5,8-9,15H,6-7H2,1-2H3,(H,14,16). The molecule has 5 heteroatoms. The number of benzene rings is 1. The molecule has 1 atom stereocenters. The molecule has 0 aliphatic carbocycles. The molecule has 17 heavy (non-hydrogen) atoms. The highest BCUT2D eigenvalue weighted by molar-refractivity contribution is 14.1. The lowest BCUT2D eigenvalue weighted by molar-refractivity contribution is -0.121. The molecule has 1 unspecified atom stereocenters. The van der Waals surface area contributed by atoms with Crippen molar-refractivity contribution >= 4 is 34.2 Å². The first-order chi connectivity index (χ1) is 8.13. The van der Waals surface area contributed by atoms with Gasteiger partial charge in [-0.15, -0.1) is 0 Å². The molecule has 0 aliphatic rings. The number of hydrogen-bond donors (Lipinski definition) is 2. The first-order valence-electron chi connectivity index (χ1n) is 5.42. The molecule has 0 radical (unpaired) electrons. The van der Waals surface area contributed by atoms with E-state index in [0.29, 0.717) is 13.2 Å². The van der Waals surface area contributed by atoms with Crippen molar-refractivity contribution in [3.05, 3.63) is 27.8 Å². The fourth-order valence-electron chi connectivity index (χ4n) is 1.32. The molecule has 1 aromatic carbocycles. The number of amides is 1. The number of hydrogen-bond acceptors (Lipinski definition) is 3. The number of anilines is 1. The van der Waals surface area contributed by atoms with Crippen LogP contribution in [0.5, 0.6) is 0 Å². The first kappa shape index (κ1) is 14.2. The molecule has 0 saturated heterocycles. The van der Waals surface area contributed by atoms with Crippen LogP contribution in [0.4, 0.5) is 5.69 Å². The molecule has 2 N–H and O–H groups in total. The van der Waals surface area contributed by atoms with Gasteiger partial charge in [-0.1, -0.05) is 6.07 Å². The number of ether oxygens (including phenoxy) is 1. The number of methoxy groups -OCH3 is 1. The zero-order valence-corrected chi connectivity index (χ0v) is 12.2. The molecule has 1 rings (SSSR count). The number of nitrogens with one attached hydrogen (secondary N) is 2. The fourth-order valence-corrected chi connectivity index (χ4v) is 1.87. The van der Waals surface area contributed by atoms with Crippen molar-refractivity contribution < 1.29 is 9.53 Å². The van der Waals surface area contributed by atoms with E-state index in [4.69, 9.17) is 4.74 Å². The van der Waals surface area contributed by atoms with Crippen LogP contribution in [0.25, 0.3) is 0 Å². The van der Waals surface area contributed by atoms with Crippen LogP contribution in [0.2, 0.25) is 0 Å². The van der Waals surface area contributed by atoms with Gasteiger partial charge in [0.25, 0.3) is 0 Å². The molecule has 4 nitrogen and oxygen atoms in total. The monoisotopic (exact) mass is 348 g/mol. The minimum atomic E-state index is -0.259. The van der Waals surface area contributed by atoms with Crippen LogP contribution in [0, 0.1) is 3.57 Å². The minimum absolute atomic E-state index is 0.0269. The normalized spacial score (nSPS) is 11.9. The lowest BCUT2D eigenvalue weighted by Gasteiger charge is -2.15. The van der Waals surface area contributed by atoms with E-state index in [9.17, 15) is 4.79 Å². The van der Waals surface area contributed by atoms with E-state index in [1.165, 1.54) is 0 Å². The molecule has 0 heterocycles. The molecule has 1 aromatic rings. The summed E-state index contributed by atoms with van der Waals surface area (Å²) in [6.07, 6.45) is 0. The van der Waals surface area contributed by atoms with Crippen LogP contribution in [0.1, 0.15) is 6.92 Å². The molecular formula is C12H17IN2O2. The Morgan fingerprint density at radius 2 is 2.29 bits per heavy atom. The molecule has 0 bridgehead atoms. The van der Waals surface area contributed by atoms with Crippen LogP contribution < -0.4 is 10.6 Å². The summed E-state index contributed by atoms with van der Waals surface area (Å²) in [5, 5.41) is 5.94. The maximum absolute atomic E-state index is 11.7. The van der Waals surface area contributed by atoms with Gasteiger partial charge in [0.15, 0.2) is 0 Å².